The molecule has 2 nitrogen and oxygen atoms in total. The molecule has 0 radical (unpaired) electrons. The standard InChI is InChI=1S/C19H29NO/c1-7-20-12-16-11-14-10-15(8-9-17(14)21-16)19(5,6)13-18(2,3)4/h8-11,20H,7,12-13H2,1-6H3. The summed E-state index contributed by atoms with van der Waals surface area (Å²) in [7, 11) is 0. The van der Waals surface area contributed by atoms with Crippen LogP contribution in [0.1, 0.15) is 59.3 Å². The molecule has 0 aliphatic carbocycles. The van der Waals surface area contributed by atoms with E-state index in [2.05, 4.69) is 71.1 Å². The second-order valence-electron chi connectivity index (χ2n) is 7.87. The van der Waals surface area contributed by atoms with Crippen LogP contribution in [0.4, 0.5) is 0 Å². The van der Waals surface area contributed by atoms with Crippen LogP contribution >= 0.6 is 0 Å². The van der Waals surface area contributed by atoms with Crippen molar-refractivity contribution in [1.29, 1.82) is 0 Å². The summed E-state index contributed by atoms with van der Waals surface area (Å²) in [6, 6.07) is 8.79. The largest absolute Gasteiger partial charge is 0.460 e. The van der Waals surface area contributed by atoms with Crippen LogP contribution in [0.2, 0.25) is 0 Å². The van der Waals surface area contributed by atoms with Crippen molar-refractivity contribution in [2.24, 2.45) is 5.41 Å². The quantitative estimate of drug-likeness (QED) is 0.812. The van der Waals surface area contributed by atoms with Crippen molar-refractivity contribution >= 4 is 11.0 Å². The molecule has 1 heterocycles. The fourth-order valence-corrected chi connectivity index (χ4v) is 3.28. The van der Waals surface area contributed by atoms with Crippen LogP contribution < -0.4 is 5.32 Å². The topological polar surface area (TPSA) is 25.2 Å². The van der Waals surface area contributed by atoms with E-state index in [1.165, 1.54) is 10.9 Å². The SMILES string of the molecule is CCNCc1cc2cc(C(C)(C)CC(C)(C)C)ccc2o1. The zero-order chi connectivity index (χ0) is 15.7. The Kier molecular flexibility index (Phi) is 4.48. The number of benzene rings is 1. The lowest BCUT2D eigenvalue weighted by atomic mass is 9.72. The van der Waals surface area contributed by atoms with Gasteiger partial charge >= 0.3 is 0 Å². The van der Waals surface area contributed by atoms with Gasteiger partial charge in [-0.3, -0.25) is 0 Å². The third kappa shape index (κ3) is 4.10. The van der Waals surface area contributed by atoms with E-state index in [1.54, 1.807) is 0 Å². The number of rotatable bonds is 5. The van der Waals surface area contributed by atoms with Gasteiger partial charge in [0.2, 0.25) is 0 Å². The number of hydrogen-bond acceptors (Lipinski definition) is 2. The first kappa shape index (κ1) is 16.1. The molecule has 0 fully saturated rings. The Balaban J connectivity index is 2.29. The average Bonchev–Trinajstić information content (AvgIpc) is 2.75. The molecular formula is C19H29NO. The predicted octanol–water partition coefficient (Wildman–Crippen LogP) is 5.26. The molecule has 21 heavy (non-hydrogen) atoms. The van der Waals surface area contributed by atoms with E-state index >= 15 is 0 Å². The van der Waals surface area contributed by atoms with Gasteiger partial charge in [-0.15, -0.1) is 0 Å². The highest BCUT2D eigenvalue weighted by Gasteiger charge is 2.27. The highest BCUT2D eigenvalue weighted by molar-refractivity contribution is 5.79. The van der Waals surface area contributed by atoms with Gasteiger partial charge in [-0.25, -0.2) is 0 Å². The molecule has 0 spiro atoms. The van der Waals surface area contributed by atoms with Gasteiger partial charge in [0, 0.05) is 5.39 Å². The molecule has 0 saturated carbocycles. The number of hydrogen-bond donors (Lipinski definition) is 1. The first-order valence-electron chi connectivity index (χ1n) is 7.95. The molecule has 0 saturated heterocycles. The third-order valence-electron chi connectivity index (χ3n) is 3.87. The summed E-state index contributed by atoms with van der Waals surface area (Å²) >= 11 is 0. The lowest BCUT2D eigenvalue weighted by Gasteiger charge is -2.33. The van der Waals surface area contributed by atoms with Crippen LogP contribution in [0.5, 0.6) is 0 Å². The second-order valence-corrected chi connectivity index (χ2v) is 7.87. The van der Waals surface area contributed by atoms with Crippen LogP contribution in [0, 0.1) is 5.41 Å². The fourth-order valence-electron chi connectivity index (χ4n) is 3.28. The van der Waals surface area contributed by atoms with Crippen molar-refractivity contribution in [3.63, 3.8) is 0 Å². The minimum absolute atomic E-state index is 0.172. The maximum Gasteiger partial charge on any atom is 0.134 e. The van der Waals surface area contributed by atoms with Crippen LogP contribution in [0.15, 0.2) is 28.7 Å². The summed E-state index contributed by atoms with van der Waals surface area (Å²) in [6.07, 6.45) is 1.16. The maximum absolute atomic E-state index is 5.88. The van der Waals surface area contributed by atoms with Crippen LogP contribution in [0.25, 0.3) is 11.0 Å². The molecule has 2 heteroatoms. The summed E-state index contributed by atoms with van der Waals surface area (Å²) < 4.78 is 5.88. The van der Waals surface area contributed by atoms with Crippen molar-refractivity contribution in [2.45, 2.75) is 59.9 Å². The van der Waals surface area contributed by atoms with E-state index in [4.69, 9.17) is 4.42 Å². The molecule has 0 unspecified atom stereocenters. The molecule has 2 rings (SSSR count). The smallest absolute Gasteiger partial charge is 0.134 e. The summed E-state index contributed by atoms with van der Waals surface area (Å²) in [4.78, 5) is 0. The van der Waals surface area contributed by atoms with Gasteiger partial charge in [-0.05, 0) is 47.6 Å². The van der Waals surface area contributed by atoms with Crippen LogP contribution in [0.3, 0.4) is 0 Å². The van der Waals surface area contributed by atoms with Gasteiger partial charge in [-0.2, -0.15) is 0 Å². The molecule has 0 aliphatic heterocycles. The molecule has 1 aromatic heterocycles. The highest BCUT2D eigenvalue weighted by atomic mass is 16.3. The fraction of sp³-hybridized carbons (Fsp3) is 0.579. The molecule has 0 amide bonds. The Morgan fingerprint density at radius 1 is 1.05 bits per heavy atom. The Bertz CT molecular complexity index is 602. The van der Waals surface area contributed by atoms with Crippen molar-refractivity contribution in [1.82, 2.24) is 5.32 Å². The molecule has 1 aromatic carbocycles. The van der Waals surface area contributed by atoms with E-state index < -0.39 is 0 Å². The van der Waals surface area contributed by atoms with Crippen molar-refractivity contribution in [3.05, 3.63) is 35.6 Å². The monoisotopic (exact) mass is 287 g/mol. The maximum atomic E-state index is 5.88. The Hall–Kier alpha value is -1.28. The number of nitrogens with one attached hydrogen (secondary N) is 1. The van der Waals surface area contributed by atoms with E-state index in [0.717, 1.165) is 30.9 Å². The zero-order valence-electron chi connectivity index (χ0n) is 14.3. The first-order chi connectivity index (χ1) is 9.71. The molecule has 2 aromatic rings. The minimum Gasteiger partial charge on any atom is -0.460 e. The van der Waals surface area contributed by atoms with E-state index in [-0.39, 0.29) is 5.41 Å². The predicted molar refractivity (Wildman–Crippen MR) is 90.7 cm³/mol. The summed E-state index contributed by atoms with van der Waals surface area (Å²) in [5.41, 5.74) is 2.87. The summed E-state index contributed by atoms with van der Waals surface area (Å²) in [5, 5.41) is 4.52. The number of fused-ring (bicyclic) bond motifs is 1. The van der Waals surface area contributed by atoms with Crippen LogP contribution in [-0.2, 0) is 12.0 Å². The molecule has 0 atom stereocenters. The average molecular weight is 287 g/mol. The first-order valence-corrected chi connectivity index (χ1v) is 7.95. The lowest BCUT2D eigenvalue weighted by Crippen LogP contribution is -2.24. The Labute approximate surface area is 128 Å². The van der Waals surface area contributed by atoms with Gasteiger partial charge < -0.3 is 9.73 Å². The molecular weight excluding hydrogens is 258 g/mol. The van der Waals surface area contributed by atoms with Crippen molar-refractivity contribution in [2.75, 3.05) is 6.54 Å². The third-order valence-corrected chi connectivity index (χ3v) is 3.87. The van der Waals surface area contributed by atoms with Gasteiger partial charge in [0.1, 0.15) is 11.3 Å². The summed E-state index contributed by atoms with van der Waals surface area (Å²) in [6.45, 7) is 15.4. The van der Waals surface area contributed by atoms with E-state index in [9.17, 15) is 0 Å². The summed E-state index contributed by atoms with van der Waals surface area (Å²) in [5.74, 6) is 1.01. The normalized spacial score (nSPS) is 13.0. The second kappa shape index (κ2) is 5.84. The highest BCUT2D eigenvalue weighted by Crippen LogP contribution is 2.37. The number of furan rings is 1. The van der Waals surface area contributed by atoms with Gasteiger partial charge in [0.05, 0.1) is 6.54 Å². The Morgan fingerprint density at radius 3 is 2.38 bits per heavy atom. The van der Waals surface area contributed by atoms with E-state index in [1.807, 2.05) is 0 Å². The zero-order valence-corrected chi connectivity index (χ0v) is 14.3. The van der Waals surface area contributed by atoms with Crippen molar-refractivity contribution < 1.29 is 4.42 Å². The van der Waals surface area contributed by atoms with Gasteiger partial charge in [0.15, 0.2) is 0 Å². The molecule has 0 aliphatic rings. The van der Waals surface area contributed by atoms with Gasteiger partial charge in [-0.1, -0.05) is 47.6 Å². The minimum atomic E-state index is 0.172. The van der Waals surface area contributed by atoms with Crippen LogP contribution in [-0.4, -0.2) is 6.54 Å². The van der Waals surface area contributed by atoms with Gasteiger partial charge in [0.25, 0.3) is 0 Å². The van der Waals surface area contributed by atoms with E-state index in [0.29, 0.717) is 5.41 Å². The lowest BCUT2D eigenvalue weighted by molar-refractivity contribution is 0.284. The Morgan fingerprint density at radius 2 is 1.76 bits per heavy atom. The van der Waals surface area contributed by atoms with Crippen molar-refractivity contribution in [3.8, 4) is 0 Å². The molecule has 0 bridgehead atoms. The molecule has 116 valence electrons. The molecule has 1 N–H and O–H groups in total.